The van der Waals surface area contributed by atoms with Crippen LogP contribution in [0.3, 0.4) is 0 Å². The van der Waals surface area contributed by atoms with Crippen LogP contribution in [0.4, 0.5) is 13.2 Å². The second-order valence-corrected chi connectivity index (χ2v) is 5.02. The third-order valence-electron chi connectivity index (χ3n) is 3.58. The Morgan fingerprint density at radius 3 is 2.33 bits per heavy atom. The molecular weight excluding hydrogens is 287 g/mol. The smallest absolute Gasteiger partial charge is 0.471 e. The maximum atomic E-state index is 12.4. The number of carbonyl (C=O) groups excluding carboxylic acids is 1. The van der Waals surface area contributed by atoms with Gasteiger partial charge in [0, 0.05) is 19.0 Å². The van der Waals surface area contributed by atoms with Crippen molar-refractivity contribution in [3.63, 3.8) is 0 Å². The number of piperidine rings is 1. The molecule has 1 aliphatic rings. The number of amides is 1. The number of carboxylic acid groups (broad SMARTS) is 1. The Balaban J connectivity index is 2.10. The molecule has 0 spiro atoms. The van der Waals surface area contributed by atoms with E-state index in [4.69, 9.17) is 5.11 Å². The Morgan fingerprint density at radius 2 is 1.81 bits per heavy atom. The number of likely N-dealkylation sites (tertiary alicyclic amines) is 1. The molecule has 0 aliphatic carbocycles. The summed E-state index contributed by atoms with van der Waals surface area (Å²) in [6.07, 6.45) is -3.68. The summed E-state index contributed by atoms with van der Waals surface area (Å²) in [5.41, 5.74) is 0.873. The zero-order chi connectivity index (χ0) is 15.6. The monoisotopic (exact) mass is 301 g/mol. The molecule has 0 saturated carbocycles. The van der Waals surface area contributed by atoms with Crippen LogP contribution in [-0.4, -0.2) is 41.1 Å². The summed E-state index contributed by atoms with van der Waals surface area (Å²) >= 11 is 0. The molecule has 21 heavy (non-hydrogen) atoms. The van der Waals surface area contributed by atoms with E-state index in [1.54, 1.807) is 12.1 Å². The van der Waals surface area contributed by atoms with E-state index >= 15 is 0 Å². The van der Waals surface area contributed by atoms with E-state index in [1.807, 2.05) is 0 Å². The lowest BCUT2D eigenvalue weighted by Crippen LogP contribution is -2.45. The second-order valence-electron chi connectivity index (χ2n) is 5.02. The molecule has 1 saturated heterocycles. The summed E-state index contributed by atoms with van der Waals surface area (Å²) < 4.78 is 37.3. The van der Waals surface area contributed by atoms with Crippen molar-refractivity contribution in [2.24, 2.45) is 0 Å². The first kappa shape index (κ1) is 15.3. The normalized spacial score (nSPS) is 19.4. The van der Waals surface area contributed by atoms with Gasteiger partial charge >= 0.3 is 18.1 Å². The van der Waals surface area contributed by atoms with Gasteiger partial charge in [-0.15, -0.1) is 0 Å². The molecule has 1 aromatic rings. The standard InChI is InChI=1S/C14H14F3NO3/c15-14(16,17)13(21)18-7-1-2-11(8-18)9-3-5-10(6-4-9)12(19)20/h3-6,11H,1-2,7-8H2,(H,19,20). The molecule has 4 nitrogen and oxygen atoms in total. The molecule has 1 unspecified atom stereocenters. The molecule has 1 fully saturated rings. The number of rotatable bonds is 2. The second kappa shape index (κ2) is 5.75. The van der Waals surface area contributed by atoms with Crippen LogP contribution in [-0.2, 0) is 4.79 Å². The van der Waals surface area contributed by atoms with Crippen LogP contribution in [0.5, 0.6) is 0 Å². The van der Waals surface area contributed by atoms with Crippen molar-refractivity contribution >= 4 is 11.9 Å². The van der Waals surface area contributed by atoms with E-state index in [9.17, 15) is 22.8 Å². The fourth-order valence-corrected chi connectivity index (χ4v) is 2.51. The van der Waals surface area contributed by atoms with Crippen LogP contribution in [0, 0.1) is 0 Å². The third kappa shape index (κ3) is 3.53. The number of carbonyl (C=O) groups is 2. The molecule has 0 radical (unpaired) electrons. The third-order valence-corrected chi connectivity index (χ3v) is 3.58. The summed E-state index contributed by atoms with van der Waals surface area (Å²) in [4.78, 5) is 22.8. The largest absolute Gasteiger partial charge is 0.478 e. The molecule has 1 heterocycles. The van der Waals surface area contributed by atoms with Gasteiger partial charge in [-0.25, -0.2) is 4.79 Å². The van der Waals surface area contributed by atoms with Crippen molar-refractivity contribution in [2.45, 2.75) is 24.9 Å². The topological polar surface area (TPSA) is 57.6 Å². The fraction of sp³-hybridized carbons (Fsp3) is 0.429. The summed E-state index contributed by atoms with van der Waals surface area (Å²) in [7, 11) is 0. The van der Waals surface area contributed by atoms with Crippen LogP contribution in [0.1, 0.15) is 34.7 Å². The van der Waals surface area contributed by atoms with Gasteiger partial charge in [0.1, 0.15) is 0 Å². The Kier molecular flexibility index (Phi) is 4.20. The van der Waals surface area contributed by atoms with Crippen LogP contribution in [0.15, 0.2) is 24.3 Å². The van der Waals surface area contributed by atoms with E-state index in [0.29, 0.717) is 12.8 Å². The van der Waals surface area contributed by atoms with Crippen LogP contribution in [0.2, 0.25) is 0 Å². The van der Waals surface area contributed by atoms with Crippen molar-refractivity contribution in [1.82, 2.24) is 4.90 Å². The summed E-state index contributed by atoms with van der Waals surface area (Å²) in [6, 6.07) is 6.02. The Bertz CT molecular complexity index is 539. The molecule has 2 rings (SSSR count). The number of alkyl halides is 3. The van der Waals surface area contributed by atoms with Gasteiger partial charge in [0.15, 0.2) is 0 Å². The molecule has 114 valence electrons. The lowest BCUT2D eigenvalue weighted by atomic mass is 9.90. The van der Waals surface area contributed by atoms with Gasteiger partial charge in [-0.2, -0.15) is 13.2 Å². The number of hydrogen-bond acceptors (Lipinski definition) is 2. The minimum Gasteiger partial charge on any atom is -0.478 e. The molecule has 0 aromatic heterocycles. The zero-order valence-electron chi connectivity index (χ0n) is 11.1. The molecule has 1 aliphatic heterocycles. The maximum absolute atomic E-state index is 12.4. The number of aromatic carboxylic acids is 1. The van der Waals surface area contributed by atoms with Gasteiger partial charge < -0.3 is 10.0 Å². The summed E-state index contributed by atoms with van der Waals surface area (Å²) in [6.45, 7) is 0.104. The van der Waals surface area contributed by atoms with Crippen molar-refractivity contribution in [3.05, 3.63) is 35.4 Å². The van der Waals surface area contributed by atoms with E-state index in [2.05, 4.69) is 0 Å². The quantitative estimate of drug-likeness (QED) is 0.913. The fourth-order valence-electron chi connectivity index (χ4n) is 2.51. The number of benzene rings is 1. The Hall–Kier alpha value is -2.05. The van der Waals surface area contributed by atoms with Crippen LogP contribution in [0.25, 0.3) is 0 Å². The van der Waals surface area contributed by atoms with Crippen molar-refractivity contribution in [2.75, 3.05) is 13.1 Å². The van der Waals surface area contributed by atoms with Gasteiger partial charge in [-0.05, 0) is 30.5 Å². The van der Waals surface area contributed by atoms with Crippen LogP contribution < -0.4 is 0 Å². The molecular formula is C14H14F3NO3. The van der Waals surface area contributed by atoms with Gasteiger partial charge in [0.05, 0.1) is 5.56 Å². The Morgan fingerprint density at radius 1 is 1.19 bits per heavy atom. The van der Waals surface area contributed by atoms with Crippen LogP contribution >= 0.6 is 0 Å². The van der Waals surface area contributed by atoms with E-state index in [0.717, 1.165) is 10.5 Å². The highest BCUT2D eigenvalue weighted by Crippen LogP contribution is 2.29. The number of halogens is 3. The number of carboxylic acids is 1. The molecule has 1 N–H and O–H groups in total. The Labute approximate surface area is 119 Å². The van der Waals surface area contributed by atoms with Gasteiger partial charge in [-0.3, -0.25) is 4.79 Å². The predicted octanol–water partition coefficient (Wildman–Crippen LogP) is 2.65. The highest BCUT2D eigenvalue weighted by Gasteiger charge is 2.43. The first-order valence-corrected chi connectivity index (χ1v) is 6.48. The highest BCUT2D eigenvalue weighted by atomic mass is 19.4. The molecule has 1 aromatic carbocycles. The zero-order valence-corrected chi connectivity index (χ0v) is 11.1. The average Bonchev–Trinajstić information content (AvgIpc) is 2.45. The van der Waals surface area contributed by atoms with E-state index < -0.39 is 18.1 Å². The highest BCUT2D eigenvalue weighted by molar-refractivity contribution is 5.87. The lowest BCUT2D eigenvalue weighted by Gasteiger charge is -2.33. The SMILES string of the molecule is O=C(O)c1ccc(C2CCCN(C(=O)C(F)(F)F)C2)cc1. The average molecular weight is 301 g/mol. The molecule has 7 heteroatoms. The molecule has 1 atom stereocenters. The summed E-state index contributed by atoms with van der Waals surface area (Å²) in [5.74, 6) is -3.07. The first-order valence-electron chi connectivity index (χ1n) is 6.48. The number of hydrogen-bond donors (Lipinski definition) is 1. The van der Waals surface area contributed by atoms with Crippen molar-refractivity contribution in [3.8, 4) is 0 Å². The van der Waals surface area contributed by atoms with Gasteiger partial charge in [0.2, 0.25) is 0 Å². The maximum Gasteiger partial charge on any atom is 0.471 e. The van der Waals surface area contributed by atoms with Gasteiger partial charge in [-0.1, -0.05) is 12.1 Å². The minimum atomic E-state index is -4.85. The predicted molar refractivity (Wildman–Crippen MR) is 68.0 cm³/mol. The first-order chi connectivity index (χ1) is 9.79. The lowest BCUT2D eigenvalue weighted by molar-refractivity contribution is -0.186. The van der Waals surface area contributed by atoms with E-state index in [1.165, 1.54) is 12.1 Å². The van der Waals surface area contributed by atoms with E-state index in [-0.39, 0.29) is 24.6 Å². The summed E-state index contributed by atoms with van der Waals surface area (Å²) in [5, 5.41) is 8.81. The molecule has 1 amide bonds. The van der Waals surface area contributed by atoms with Crippen molar-refractivity contribution in [1.29, 1.82) is 0 Å². The molecule has 0 bridgehead atoms. The van der Waals surface area contributed by atoms with Gasteiger partial charge in [0.25, 0.3) is 0 Å². The minimum absolute atomic E-state index is 0.00472. The number of nitrogens with zero attached hydrogens (tertiary/aromatic N) is 1. The van der Waals surface area contributed by atoms with Crippen molar-refractivity contribution < 1.29 is 27.9 Å².